The molecule has 6 heteroatoms. The van der Waals surface area contributed by atoms with Crippen molar-refractivity contribution in [3.8, 4) is 0 Å². The minimum Gasteiger partial charge on any atom is -0.469 e. The largest absolute Gasteiger partial charge is 0.469 e. The molecule has 0 aliphatic carbocycles. The molecule has 1 fully saturated rings. The average Bonchev–Trinajstić information content (AvgIpc) is 2.36. The average molecular weight is 286 g/mol. The number of amides is 1. The number of carbonyl (C=O) groups excluding carboxylic acids is 2. The highest BCUT2D eigenvalue weighted by molar-refractivity contribution is 5.72. The van der Waals surface area contributed by atoms with E-state index in [1.807, 2.05) is 27.7 Å². The molecule has 0 N–H and O–H groups in total. The third-order valence-electron chi connectivity index (χ3n) is 3.16. The Morgan fingerprint density at radius 1 is 1.15 bits per heavy atom. The molecule has 0 saturated carbocycles. The van der Waals surface area contributed by atoms with E-state index in [9.17, 15) is 9.59 Å². The Morgan fingerprint density at radius 2 is 1.70 bits per heavy atom. The topological polar surface area (TPSA) is 59.1 Å². The van der Waals surface area contributed by atoms with Gasteiger partial charge in [0, 0.05) is 32.7 Å². The van der Waals surface area contributed by atoms with Crippen molar-refractivity contribution >= 4 is 12.1 Å². The number of nitrogens with zero attached hydrogens (tertiary/aromatic N) is 2. The Kier molecular flexibility index (Phi) is 5.80. The van der Waals surface area contributed by atoms with Gasteiger partial charge in [0.25, 0.3) is 0 Å². The maximum absolute atomic E-state index is 11.9. The van der Waals surface area contributed by atoms with Crippen LogP contribution in [-0.2, 0) is 14.3 Å². The van der Waals surface area contributed by atoms with E-state index in [0.29, 0.717) is 19.6 Å². The fourth-order valence-corrected chi connectivity index (χ4v) is 2.10. The summed E-state index contributed by atoms with van der Waals surface area (Å²) in [6.07, 6.45) is -0.266. The van der Waals surface area contributed by atoms with Gasteiger partial charge in [-0.3, -0.25) is 9.69 Å². The zero-order chi connectivity index (χ0) is 15.3. The molecule has 0 aromatic rings. The first-order valence-corrected chi connectivity index (χ1v) is 7.01. The first-order chi connectivity index (χ1) is 9.23. The van der Waals surface area contributed by atoms with E-state index in [-0.39, 0.29) is 18.0 Å². The summed E-state index contributed by atoms with van der Waals surface area (Å²) in [4.78, 5) is 27.2. The summed E-state index contributed by atoms with van der Waals surface area (Å²) in [6, 6.07) is 0. The molecule has 0 unspecified atom stereocenters. The van der Waals surface area contributed by atoms with Crippen LogP contribution < -0.4 is 0 Å². The van der Waals surface area contributed by atoms with E-state index < -0.39 is 5.60 Å². The number of esters is 1. The Labute approximate surface area is 121 Å². The van der Waals surface area contributed by atoms with Gasteiger partial charge in [0.05, 0.1) is 13.0 Å². The standard InChI is InChI=1S/C14H26N2O4/c1-11(12(17)19-5)10-15-6-8-16(9-7-15)13(18)20-14(2,3)4/h11H,6-10H2,1-5H3/t11-/m1/s1. The fraction of sp³-hybridized carbons (Fsp3) is 0.857. The van der Waals surface area contributed by atoms with Gasteiger partial charge in [-0.25, -0.2) is 4.79 Å². The maximum Gasteiger partial charge on any atom is 0.410 e. The van der Waals surface area contributed by atoms with Crippen molar-refractivity contribution in [3.63, 3.8) is 0 Å². The van der Waals surface area contributed by atoms with Crippen LogP contribution in [0.1, 0.15) is 27.7 Å². The van der Waals surface area contributed by atoms with Gasteiger partial charge in [0.15, 0.2) is 0 Å². The summed E-state index contributed by atoms with van der Waals surface area (Å²) >= 11 is 0. The molecule has 0 radical (unpaired) electrons. The predicted molar refractivity (Wildman–Crippen MR) is 75.4 cm³/mol. The van der Waals surface area contributed by atoms with Crippen molar-refractivity contribution in [1.29, 1.82) is 0 Å². The third kappa shape index (κ3) is 5.36. The van der Waals surface area contributed by atoms with Gasteiger partial charge in [-0.1, -0.05) is 6.92 Å². The lowest BCUT2D eigenvalue weighted by molar-refractivity contribution is -0.145. The Hall–Kier alpha value is -1.30. The number of ether oxygens (including phenoxy) is 2. The van der Waals surface area contributed by atoms with Crippen LogP contribution >= 0.6 is 0 Å². The van der Waals surface area contributed by atoms with Crippen molar-refractivity contribution in [2.24, 2.45) is 5.92 Å². The van der Waals surface area contributed by atoms with E-state index in [1.165, 1.54) is 7.11 Å². The van der Waals surface area contributed by atoms with Gasteiger partial charge in [-0.05, 0) is 20.8 Å². The number of hydrogen-bond acceptors (Lipinski definition) is 5. The first kappa shape index (κ1) is 16.8. The lowest BCUT2D eigenvalue weighted by atomic mass is 10.1. The molecule has 1 amide bonds. The highest BCUT2D eigenvalue weighted by Crippen LogP contribution is 2.12. The SMILES string of the molecule is COC(=O)[C@H](C)CN1CCN(C(=O)OC(C)(C)C)CC1. The molecule has 1 heterocycles. The lowest BCUT2D eigenvalue weighted by Crippen LogP contribution is -2.51. The normalized spacial score (nSPS) is 18.6. The second-order valence-electron chi connectivity index (χ2n) is 6.19. The van der Waals surface area contributed by atoms with Crippen LogP contribution in [-0.4, -0.2) is 67.3 Å². The summed E-state index contributed by atoms with van der Waals surface area (Å²) in [6.45, 7) is 10.9. The van der Waals surface area contributed by atoms with Crippen LogP contribution in [0.5, 0.6) is 0 Å². The molecule has 1 saturated heterocycles. The molecule has 1 aliphatic heterocycles. The molecule has 0 aromatic heterocycles. The summed E-state index contributed by atoms with van der Waals surface area (Å²) in [5.41, 5.74) is -0.465. The lowest BCUT2D eigenvalue weighted by Gasteiger charge is -2.36. The molecule has 0 spiro atoms. The molecule has 1 atom stereocenters. The third-order valence-corrected chi connectivity index (χ3v) is 3.16. The van der Waals surface area contributed by atoms with Gasteiger partial charge >= 0.3 is 12.1 Å². The van der Waals surface area contributed by atoms with Crippen molar-refractivity contribution in [2.75, 3.05) is 39.8 Å². The van der Waals surface area contributed by atoms with Gasteiger partial charge in [-0.2, -0.15) is 0 Å². The Morgan fingerprint density at radius 3 is 2.15 bits per heavy atom. The van der Waals surface area contributed by atoms with Crippen molar-refractivity contribution < 1.29 is 19.1 Å². The van der Waals surface area contributed by atoms with Gasteiger partial charge in [-0.15, -0.1) is 0 Å². The fourth-order valence-electron chi connectivity index (χ4n) is 2.10. The Bertz CT molecular complexity index is 344. The second kappa shape index (κ2) is 6.92. The Balaban J connectivity index is 2.36. The van der Waals surface area contributed by atoms with Crippen molar-refractivity contribution in [2.45, 2.75) is 33.3 Å². The van der Waals surface area contributed by atoms with Crippen LogP contribution in [0.4, 0.5) is 4.79 Å². The summed E-state index contributed by atoms with van der Waals surface area (Å²) < 4.78 is 10.1. The zero-order valence-corrected chi connectivity index (χ0v) is 13.1. The van der Waals surface area contributed by atoms with E-state index in [2.05, 4.69) is 4.90 Å². The summed E-state index contributed by atoms with van der Waals surface area (Å²) in [7, 11) is 1.40. The summed E-state index contributed by atoms with van der Waals surface area (Å²) in [5.74, 6) is -0.340. The van der Waals surface area contributed by atoms with Crippen molar-refractivity contribution in [3.05, 3.63) is 0 Å². The number of methoxy groups -OCH3 is 1. The van der Waals surface area contributed by atoms with Gasteiger partial charge in [0.1, 0.15) is 5.60 Å². The zero-order valence-electron chi connectivity index (χ0n) is 13.1. The van der Waals surface area contributed by atoms with Gasteiger partial charge in [0.2, 0.25) is 0 Å². The maximum atomic E-state index is 11.9. The minimum absolute atomic E-state index is 0.145. The van der Waals surface area contributed by atoms with E-state index in [1.54, 1.807) is 4.90 Å². The minimum atomic E-state index is -0.465. The summed E-state index contributed by atoms with van der Waals surface area (Å²) in [5, 5.41) is 0. The molecule has 20 heavy (non-hydrogen) atoms. The molecular formula is C14H26N2O4. The molecular weight excluding hydrogens is 260 g/mol. The van der Waals surface area contributed by atoms with Crippen LogP contribution in [0.3, 0.4) is 0 Å². The molecule has 6 nitrogen and oxygen atoms in total. The van der Waals surface area contributed by atoms with Gasteiger partial charge < -0.3 is 14.4 Å². The van der Waals surface area contributed by atoms with E-state index in [4.69, 9.17) is 9.47 Å². The molecule has 0 bridgehead atoms. The molecule has 0 aromatic carbocycles. The van der Waals surface area contributed by atoms with Crippen LogP contribution in [0.2, 0.25) is 0 Å². The second-order valence-corrected chi connectivity index (χ2v) is 6.19. The number of rotatable bonds is 3. The van der Waals surface area contributed by atoms with Crippen LogP contribution in [0.15, 0.2) is 0 Å². The van der Waals surface area contributed by atoms with Crippen LogP contribution in [0, 0.1) is 5.92 Å². The molecule has 116 valence electrons. The van der Waals surface area contributed by atoms with Crippen LogP contribution in [0.25, 0.3) is 0 Å². The van der Waals surface area contributed by atoms with E-state index in [0.717, 1.165) is 13.1 Å². The highest BCUT2D eigenvalue weighted by Gasteiger charge is 2.27. The van der Waals surface area contributed by atoms with E-state index >= 15 is 0 Å². The van der Waals surface area contributed by atoms with Crippen molar-refractivity contribution in [1.82, 2.24) is 9.80 Å². The predicted octanol–water partition coefficient (Wildman–Crippen LogP) is 1.35. The first-order valence-electron chi connectivity index (χ1n) is 7.01. The number of piperazine rings is 1. The highest BCUT2D eigenvalue weighted by atomic mass is 16.6. The number of carbonyl (C=O) groups is 2. The monoisotopic (exact) mass is 286 g/mol. The molecule has 1 rings (SSSR count). The number of hydrogen-bond donors (Lipinski definition) is 0. The molecule has 1 aliphatic rings. The quantitative estimate of drug-likeness (QED) is 0.733. The smallest absolute Gasteiger partial charge is 0.410 e.